The van der Waals surface area contributed by atoms with Crippen LogP contribution in [-0.4, -0.2) is 4.98 Å². The minimum absolute atomic E-state index is 0.456. The highest BCUT2D eigenvalue weighted by Gasteiger charge is 2.20. The van der Waals surface area contributed by atoms with E-state index in [1.54, 1.807) is 6.07 Å². The van der Waals surface area contributed by atoms with E-state index in [0.717, 1.165) is 30.5 Å². The molecule has 1 aromatic heterocycles. The van der Waals surface area contributed by atoms with Gasteiger partial charge in [-0.15, -0.1) is 0 Å². The summed E-state index contributed by atoms with van der Waals surface area (Å²) in [7, 11) is 0. The second-order valence-corrected chi connectivity index (χ2v) is 3.72. The molecule has 0 spiro atoms. The molecule has 3 heteroatoms. The first-order chi connectivity index (χ1) is 6.77. The standard InChI is InChI=1S/C11H9F2N/c12-7-4-5-9-10(11(7)13)6-2-1-3-8(6)14-9/h4-5,14H,1-3H2. The van der Waals surface area contributed by atoms with Crippen LogP contribution in [0.4, 0.5) is 8.78 Å². The molecule has 0 unspecified atom stereocenters. The zero-order chi connectivity index (χ0) is 9.71. The molecule has 1 aliphatic rings. The van der Waals surface area contributed by atoms with Crippen molar-refractivity contribution in [2.75, 3.05) is 0 Å². The Kier molecular flexibility index (Phi) is 1.46. The number of hydrogen-bond acceptors (Lipinski definition) is 0. The third-order valence-corrected chi connectivity index (χ3v) is 2.90. The van der Waals surface area contributed by atoms with Gasteiger partial charge in [-0.3, -0.25) is 0 Å². The average molecular weight is 193 g/mol. The number of fused-ring (bicyclic) bond motifs is 3. The monoisotopic (exact) mass is 193 g/mol. The van der Waals surface area contributed by atoms with Crippen LogP contribution in [0.5, 0.6) is 0 Å². The van der Waals surface area contributed by atoms with Crippen LogP contribution in [0.25, 0.3) is 10.9 Å². The molecule has 2 aromatic rings. The number of rotatable bonds is 0. The van der Waals surface area contributed by atoms with E-state index in [9.17, 15) is 8.78 Å². The van der Waals surface area contributed by atoms with E-state index in [1.807, 2.05) is 0 Å². The lowest BCUT2D eigenvalue weighted by molar-refractivity contribution is 0.516. The molecular weight excluding hydrogens is 184 g/mol. The largest absolute Gasteiger partial charge is 0.358 e. The van der Waals surface area contributed by atoms with Gasteiger partial charge >= 0.3 is 0 Å². The summed E-state index contributed by atoms with van der Waals surface area (Å²) in [5.41, 5.74) is 2.76. The van der Waals surface area contributed by atoms with Crippen LogP contribution in [0.15, 0.2) is 12.1 Å². The summed E-state index contributed by atoms with van der Waals surface area (Å²) in [6, 6.07) is 2.77. The molecule has 1 nitrogen and oxygen atoms in total. The summed E-state index contributed by atoms with van der Waals surface area (Å²) in [6.45, 7) is 0. The Balaban J connectivity index is 2.46. The maximum atomic E-state index is 13.5. The Morgan fingerprint density at radius 3 is 2.86 bits per heavy atom. The molecule has 0 amide bonds. The molecule has 14 heavy (non-hydrogen) atoms. The molecule has 0 saturated carbocycles. The van der Waals surface area contributed by atoms with Crippen molar-refractivity contribution in [1.82, 2.24) is 4.98 Å². The van der Waals surface area contributed by atoms with E-state index >= 15 is 0 Å². The molecule has 0 bridgehead atoms. The highest BCUT2D eigenvalue weighted by Crippen LogP contribution is 2.32. The fourth-order valence-electron chi connectivity index (χ4n) is 2.27. The molecule has 0 atom stereocenters. The maximum Gasteiger partial charge on any atom is 0.168 e. The van der Waals surface area contributed by atoms with Gasteiger partial charge in [0.1, 0.15) is 0 Å². The fraction of sp³-hybridized carbons (Fsp3) is 0.273. The molecular formula is C11H9F2N. The van der Waals surface area contributed by atoms with Crippen LogP contribution in [0.2, 0.25) is 0 Å². The Morgan fingerprint density at radius 2 is 2.00 bits per heavy atom. The molecule has 72 valence electrons. The summed E-state index contributed by atoms with van der Waals surface area (Å²) >= 11 is 0. The topological polar surface area (TPSA) is 15.8 Å². The van der Waals surface area contributed by atoms with Gasteiger partial charge in [-0.1, -0.05) is 0 Å². The number of H-pyrrole nitrogens is 1. The zero-order valence-electron chi connectivity index (χ0n) is 7.53. The van der Waals surface area contributed by atoms with E-state index in [4.69, 9.17) is 0 Å². The number of halogens is 2. The zero-order valence-corrected chi connectivity index (χ0v) is 7.53. The van der Waals surface area contributed by atoms with E-state index in [0.29, 0.717) is 10.9 Å². The summed E-state index contributed by atoms with van der Waals surface area (Å²) in [4.78, 5) is 3.14. The predicted octanol–water partition coefficient (Wildman–Crippen LogP) is 2.93. The highest BCUT2D eigenvalue weighted by atomic mass is 19.2. The Hall–Kier alpha value is -1.38. The number of aromatic amines is 1. The smallest absolute Gasteiger partial charge is 0.168 e. The first kappa shape index (κ1) is 7.97. The van der Waals surface area contributed by atoms with Crippen molar-refractivity contribution >= 4 is 10.9 Å². The normalized spacial score (nSPS) is 15.0. The lowest BCUT2D eigenvalue weighted by Gasteiger charge is -1.97. The Bertz CT molecular complexity index is 513. The van der Waals surface area contributed by atoms with Crippen LogP contribution in [0, 0.1) is 11.6 Å². The lowest BCUT2D eigenvalue weighted by Crippen LogP contribution is -1.86. The van der Waals surface area contributed by atoms with E-state index < -0.39 is 11.6 Å². The van der Waals surface area contributed by atoms with Gasteiger partial charge in [-0.05, 0) is 37.0 Å². The highest BCUT2D eigenvalue weighted by molar-refractivity contribution is 5.86. The van der Waals surface area contributed by atoms with Crippen molar-refractivity contribution in [3.63, 3.8) is 0 Å². The summed E-state index contributed by atoms with van der Waals surface area (Å²) in [6.07, 6.45) is 2.84. The molecule has 0 radical (unpaired) electrons. The Labute approximate surface area is 79.7 Å². The van der Waals surface area contributed by atoms with Crippen molar-refractivity contribution in [3.05, 3.63) is 35.0 Å². The Morgan fingerprint density at radius 1 is 1.14 bits per heavy atom. The molecule has 0 aliphatic heterocycles. The number of aryl methyl sites for hydroxylation is 2. The van der Waals surface area contributed by atoms with Crippen LogP contribution >= 0.6 is 0 Å². The van der Waals surface area contributed by atoms with E-state index in [-0.39, 0.29) is 0 Å². The van der Waals surface area contributed by atoms with Crippen molar-refractivity contribution in [3.8, 4) is 0 Å². The second-order valence-electron chi connectivity index (χ2n) is 3.72. The fourth-order valence-corrected chi connectivity index (χ4v) is 2.27. The van der Waals surface area contributed by atoms with Gasteiger partial charge in [0.2, 0.25) is 0 Å². The molecule has 1 heterocycles. The van der Waals surface area contributed by atoms with Crippen molar-refractivity contribution < 1.29 is 8.78 Å². The first-order valence-electron chi connectivity index (χ1n) is 4.75. The van der Waals surface area contributed by atoms with Gasteiger partial charge in [0.15, 0.2) is 11.6 Å². The quantitative estimate of drug-likeness (QED) is 0.662. The number of nitrogens with one attached hydrogen (secondary N) is 1. The average Bonchev–Trinajstić information content (AvgIpc) is 2.70. The summed E-state index contributed by atoms with van der Waals surface area (Å²) < 4.78 is 26.5. The molecule has 1 aliphatic carbocycles. The third kappa shape index (κ3) is 0.870. The molecule has 0 fully saturated rings. The number of hydrogen-bond donors (Lipinski definition) is 1. The van der Waals surface area contributed by atoms with E-state index in [2.05, 4.69) is 4.98 Å². The molecule has 1 aromatic carbocycles. The molecule has 3 rings (SSSR count). The third-order valence-electron chi connectivity index (χ3n) is 2.90. The second kappa shape index (κ2) is 2.56. The van der Waals surface area contributed by atoms with Gasteiger partial charge < -0.3 is 4.98 Å². The minimum atomic E-state index is -0.758. The van der Waals surface area contributed by atoms with Crippen LogP contribution in [0.1, 0.15) is 17.7 Å². The molecule has 1 N–H and O–H groups in total. The maximum absolute atomic E-state index is 13.5. The minimum Gasteiger partial charge on any atom is -0.358 e. The summed E-state index contributed by atoms with van der Waals surface area (Å²) in [5, 5.41) is 0.456. The van der Waals surface area contributed by atoms with Gasteiger partial charge in [0.05, 0.1) is 0 Å². The SMILES string of the molecule is Fc1ccc2[nH]c3c(c2c1F)CCC3. The number of benzene rings is 1. The van der Waals surface area contributed by atoms with Crippen LogP contribution < -0.4 is 0 Å². The van der Waals surface area contributed by atoms with Crippen molar-refractivity contribution in [2.24, 2.45) is 0 Å². The van der Waals surface area contributed by atoms with Gasteiger partial charge in [0, 0.05) is 16.6 Å². The van der Waals surface area contributed by atoms with E-state index in [1.165, 1.54) is 6.07 Å². The predicted molar refractivity (Wildman–Crippen MR) is 50.2 cm³/mol. The van der Waals surface area contributed by atoms with Crippen molar-refractivity contribution in [1.29, 1.82) is 0 Å². The van der Waals surface area contributed by atoms with Crippen LogP contribution in [0.3, 0.4) is 0 Å². The lowest BCUT2D eigenvalue weighted by atomic mass is 10.1. The van der Waals surface area contributed by atoms with Gasteiger partial charge in [-0.2, -0.15) is 0 Å². The van der Waals surface area contributed by atoms with Gasteiger partial charge in [0.25, 0.3) is 0 Å². The first-order valence-corrected chi connectivity index (χ1v) is 4.75. The van der Waals surface area contributed by atoms with Crippen LogP contribution in [-0.2, 0) is 12.8 Å². The van der Waals surface area contributed by atoms with Crippen molar-refractivity contribution in [2.45, 2.75) is 19.3 Å². The van der Waals surface area contributed by atoms with Gasteiger partial charge in [-0.25, -0.2) is 8.78 Å². The number of aromatic nitrogens is 1. The summed E-state index contributed by atoms with van der Waals surface area (Å²) in [5.74, 6) is -1.46. The molecule has 0 saturated heterocycles.